The third-order valence-corrected chi connectivity index (χ3v) is 9.59. The van der Waals surface area contributed by atoms with E-state index in [-0.39, 0.29) is 37.8 Å². The van der Waals surface area contributed by atoms with Crippen molar-refractivity contribution in [1.82, 2.24) is 10.2 Å². The van der Waals surface area contributed by atoms with Gasteiger partial charge < -0.3 is 29.5 Å². The monoisotopic (exact) mass is 655 g/mol. The molecule has 10 heteroatoms. The topological polar surface area (TPSA) is 118 Å². The number of ether oxygens (including phenoxy) is 3. The molecular formula is C38H45N3O7. The number of carbonyl (C=O) groups excluding carboxylic acids is 3. The molecule has 3 amide bonds. The summed E-state index contributed by atoms with van der Waals surface area (Å²) in [7, 11) is 0. The van der Waals surface area contributed by atoms with Gasteiger partial charge in [-0.15, -0.1) is 0 Å². The maximum atomic E-state index is 13.2. The number of nitrogens with one attached hydrogen (secondary N) is 1. The fraction of sp³-hybridized carbons (Fsp3) is 0.447. The molecule has 10 nitrogen and oxygen atoms in total. The Morgan fingerprint density at radius 1 is 0.854 bits per heavy atom. The molecule has 254 valence electrons. The maximum Gasteiger partial charge on any atom is 0.408 e. The van der Waals surface area contributed by atoms with E-state index in [4.69, 9.17) is 14.2 Å². The molecule has 0 spiro atoms. The van der Waals surface area contributed by atoms with Crippen molar-refractivity contribution in [2.24, 2.45) is 5.92 Å². The Bertz CT molecular complexity index is 1520. The SMILES string of the molecule is C[C@@H]1[C@H](CN2CCCCCCC2)O[C@H](c2ccc(N3C(=O)CC(NC(=O)OCc4ccccc4)C3=O)cc2)O[C@@H]1c1ccc(CO)cc1. The van der Waals surface area contributed by atoms with Crippen molar-refractivity contribution in [3.63, 3.8) is 0 Å². The lowest BCUT2D eigenvalue weighted by molar-refractivity contribution is -0.276. The number of aliphatic hydroxyl groups is 1. The maximum absolute atomic E-state index is 13.2. The molecule has 48 heavy (non-hydrogen) atoms. The Labute approximate surface area is 282 Å². The molecule has 3 aliphatic rings. The Morgan fingerprint density at radius 3 is 2.21 bits per heavy atom. The average molecular weight is 656 g/mol. The number of nitrogens with zero attached hydrogens (tertiary/aromatic N) is 2. The number of hydrogen-bond acceptors (Lipinski definition) is 8. The zero-order valence-corrected chi connectivity index (χ0v) is 27.5. The number of benzene rings is 3. The van der Waals surface area contributed by atoms with E-state index in [1.807, 2.05) is 66.7 Å². The van der Waals surface area contributed by atoms with Gasteiger partial charge >= 0.3 is 6.09 Å². The van der Waals surface area contributed by atoms with Gasteiger partial charge in [-0.05, 0) is 54.8 Å². The van der Waals surface area contributed by atoms with E-state index in [2.05, 4.69) is 17.1 Å². The zero-order valence-electron chi connectivity index (χ0n) is 27.5. The highest BCUT2D eigenvalue weighted by atomic mass is 16.7. The predicted octanol–water partition coefficient (Wildman–Crippen LogP) is 5.79. The molecule has 6 rings (SSSR count). The number of likely N-dealkylation sites (tertiary alicyclic amines) is 1. The van der Waals surface area contributed by atoms with Gasteiger partial charge in [-0.25, -0.2) is 9.69 Å². The van der Waals surface area contributed by atoms with Gasteiger partial charge in [-0.2, -0.15) is 0 Å². The molecule has 2 N–H and O–H groups in total. The molecule has 0 saturated carbocycles. The van der Waals surface area contributed by atoms with E-state index in [1.165, 1.54) is 32.1 Å². The van der Waals surface area contributed by atoms with Crippen LogP contribution in [0.3, 0.4) is 0 Å². The Balaban J connectivity index is 1.14. The number of imide groups is 1. The van der Waals surface area contributed by atoms with Crippen LogP contribution in [0.5, 0.6) is 0 Å². The summed E-state index contributed by atoms with van der Waals surface area (Å²) in [6.45, 7) is 5.13. The summed E-state index contributed by atoms with van der Waals surface area (Å²) in [5.74, 6) is -0.836. The molecule has 0 radical (unpaired) electrons. The number of anilines is 1. The molecule has 3 aromatic rings. The largest absolute Gasteiger partial charge is 0.445 e. The second kappa shape index (κ2) is 15.9. The van der Waals surface area contributed by atoms with E-state index < -0.39 is 30.2 Å². The highest BCUT2D eigenvalue weighted by molar-refractivity contribution is 6.22. The molecule has 3 heterocycles. The number of rotatable bonds is 9. The fourth-order valence-corrected chi connectivity index (χ4v) is 6.78. The molecule has 5 atom stereocenters. The molecule has 3 fully saturated rings. The van der Waals surface area contributed by atoms with Gasteiger partial charge in [0.15, 0.2) is 6.29 Å². The van der Waals surface area contributed by atoms with Gasteiger partial charge in [0.05, 0.1) is 30.9 Å². The van der Waals surface area contributed by atoms with Gasteiger partial charge in [-0.1, -0.05) is 92.9 Å². The second-order valence-electron chi connectivity index (χ2n) is 13.0. The Kier molecular flexibility index (Phi) is 11.2. The standard InChI is InChI=1S/C38H45N3O7/c1-26-33(23-40-20-8-3-2-4-9-21-40)47-37(48-35(26)29-14-12-27(24-42)13-15-29)30-16-18-31(19-17-30)41-34(43)22-32(36(41)44)39-38(45)46-25-28-10-6-5-7-11-28/h5-7,10-19,26,32-33,35,37,42H,2-4,8-9,20-25H2,1H3,(H,39,45)/t26-,32?,33+,35+,37+/m1/s1. The van der Waals surface area contributed by atoms with Crippen LogP contribution in [-0.2, 0) is 37.0 Å². The molecule has 3 aromatic carbocycles. The number of carbonyl (C=O) groups is 3. The fourth-order valence-electron chi connectivity index (χ4n) is 6.78. The molecule has 1 unspecified atom stereocenters. The predicted molar refractivity (Wildman–Crippen MR) is 180 cm³/mol. The van der Waals surface area contributed by atoms with Crippen LogP contribution in [0, 0.1) is 5.92 Å². The van der Waals surface area contributed by atoms with E-state index in [0.717, 1.165) is 46.8 Å². The molecule has 0 aliphatic carbocycles. The van der Waals surface area contributed by atoms with Gasteiger partial charge in [0.25, 0.3) is 5.91 Å². The Morgan fingerprint density at radius 2 is 1.52 bits per heavy atom. The van der Waals surface area contributed by atoms with Crippen molar-refractivity contribution >= 4 is 23.6 Å². The highest BCUT2D eigenvalue weighted by Crippen LogP contribution is 2.42. The summed E-state index contributed by atoms with van der Waals surface area (Å²) in [5.41, 5.74) is 3.87. The number of amides is 3. The lowest BCUT2D eigenvalue weighted by atomic mass is 9.89. The summed E-state index contributed by atoms with van der Waals surface area (Å²) in [5, 5.41) is 12.1. The first kappa shape index (κ1) is 33.8. The van der Waals surface area contributed by atoms with Crippen LogP contribution in [0.2, 0.25) is 0 Å². The smallest absolute Gasteiger partial charge is 0.408 e. The molecular weight excluding hydrogens is 610 g/mol. The highest BCUT2D eigenvalue weighted by Gasteiger charge is 2.42. The first-order chi connectivity index (χ1) is 23.4. The van der Waals surface area contributed by atoms with Crippen LogP contribution in [0.1, 0.15) is 80.1 Å². The Hall–Kier alpha value is -4.09. The average Bonchev–Trinajstić information content (AvgIpc) is 3.37. The first-order valence-electron chi connectivity index (χ1n) is 17.1. The van der Waals surface area contributed by atoms with Crippen LogP contribution in [-0.4, -0.2) is 59.7 Å². The summed E-state index contributed by atoms with van der Waals surface area (Å²) in [4.78, 5) is 42.2. The van der Waals surface area contributed by atoms with Crippen molar-refractivity contribution in [2.45, 2.75) is 83.2 Å². The number of hydrogen-bond donors (Lipinski definition) is 2. The zero-order chi connectivity index (χ0) is 33.5. The van der Waals surface area contributed by atoms with Crippen LogP contribution in [0.15, 0.2) is 78.9 Å². The van der Waals surface area contributed by atoms with Gasteiger partial charge in [0.2, 0.25) is 5.91 Å². The van der Waals surface area contributed by atoms with Crippen molar-refractivity contribution in [1.29, 1.82) is 0 Å². The summed E-state index contributed by atoms with van der Waals surface area (Å²) < 4.78 is 18.5. The summed E-state index contributed by atoms with van der Waals surface area (Å²) >= 11 is 0. The van der Waals surface area contributed by atoms with Crippen molar-refractivity contribution < 1.29 is 33.7 Å². The third-order valence-electron chi connectivity index (χ3n) is 9.59. The minimum absolute atomic E-state index is 0.0196. The summed E-state index contributed by atoms with van der Waals surface area (Å²) in [6.07, 6.45) is 4.32. The van der Waals surface area contributed by atoms with Crippen molar-refractivity contribution in [3.05, 3.63) is 101 Å². The van der Waals surface area contributed by atoms with E-state index in [0.29, 0.717) is 5.69 Å². The number of aliphatic hydroxyl groups excluding tert-OH is 1. The third kappa shape index (κ3) is 8.13. The van der Waals surface area contributed by atoms with E-state index in [1.54, 1.807) is 12.1 Å². The molecule has 0 aromatic heterocycles. The van der Waals surface area contributed by atoms with E-state index >= 15 is 0 Å². The van der Waals surface area contributed by atoms with Crippen molar-refractivity contribution in [2.75, 3.05) is 24.5 Å². The van der Waals surface area contributed by atoms with E-state index in [9.17, 15) is 19.5 Å². The van der Waals surface area contributed by atoms with Crippen molar-refractivity contribution in [3.8, 4) is 0 Å². The molecule has 0 bridgehead atoms. The normalized spacial score (nSPS) is 25.4. The van der Waals surface area contributed by atoms with Crippen LogP contribution < -0.4 is 10.2 Å². The first-order valence-corrected chi connectivity index (χ1v) is 17.1. The summed E-state index contributed by atoms with van der Waals surface area (Å²) in [6, 6.07) is 23.2. The van der Waals surface area contributed by atoms with Gasteiger partial charge in [0.1, 0.15) is 12.6 Å². The van der Waals surface area contributed by atoms with Gasteiger partial charge in [0, 0.05) is 18.0 Å². The minimum Gasteiger partial charge on any atom is -0.445 e. The molecule has 3 aliphatic heterocycles. The van der Waals surface area contributed by atoms with Crippen LogP contribution >= 0.6 is 0 Å². The quantitative estimate of drug-likeness (QED) is 0.278. The lowest BCUT2D eigenvalue weighted by Crippen LogP contribution is -2.45. The second-order valence-corrected chi connectivity index (χ2v) is 13.0. The minimum atomic E-state index is -1.01. The lowest BCUT2D eigenvalue weighted by Gasteiger charge is -2.43. The number of alkyl carbamates (subject to hydrolysis) is 1. The van der Waals surface area contributed by atoms with Crippen LogP contribution in [0.4, 0.5) is 10.5 Å². The van der Waals surface area contributed by atoms with Crippen LogP contribution in [0.25, 0.3) is 0 Å². The molecule has 3 saturated heterocycles. The van der Waals surface area contributed by atoms with Gasteiger partial charge in [-0.3, -0.25) is 9.59 Å².